The number of hydrogen-bond donors (Lipinski definition) is 0. The van der Waals surface area contributed by atoms with Gasteiger partial charge in [0.25, 0.3) is 0 Å². The van der Waals surface area contributed by atoms with Crippen molar-refractivity contribution < 1.29 is 13.6 Å². The number of ketones is 1. The average molecular weight is 385 g/mol. The molecule has 2 aromatic carbocycles. The van der Waals surface area contributed by atoms with Crippen molar-refractivity contribution in [2.24, 2.45) is 0 Å². The minimum absolute atomic E-state index is 0.179. The van der Waals surface area contributed by atoms with Crippen LogP contribution in [0.4, 0.5) is 0 Å². The van der Waals surface area contributed by atoms with Crippen LogP contribution in [-0.2, 0) is 17.6 Å². The number of halogens is 1. The topological polar surface area (TPSA) is 43.4 Å². The SMILES string of the molecule is CCC(=O)Cc1cc2c3ccc(Br)cc3c3oc(CC)cc3c2o1. The van der Waals surface area contributed by atoms with Crippen LogP contribution in [0.5, 0.6) is 0 Å². The van der Waals surface area contributed by atoms with Gasteiger partial charge in [0.2, 0.25) is 0 Å². The summed E-state index contributed by atoms with van der Waals surface area (Å²) in [6, 6.07) is 10.2. The third kappa shape index (κ3) is 2.37. The Morgan fingerprint density at radius 3 is 2.29 bits per heavy atom. The molecule has 4 heteroatoms. The van der Waals surface area contributed by atoms with E-state index in [0.717, 1.165) is 49.4 Å². The molecule has 0 unspecified atom stereocenters. The van der Waals surface area contributed by atoms with Crippen molar-refractivity contribution in [3.05, 3.63) is 46.3 Å². The summed E-state index contributed by atoms with van der Waals surface area (Å²) >= 11 is 3.54. The van der Waals surface area contributed by atoms with Gasteiger partial charge in [0.05, 0.1) is 11.8 Å². The minimum Gasteiger partial charge on any atom is -0.460 e. The summed E-state index contributed by atoms with van der Waals surface area (Å²) in [5, 5.41) is 4.15. The monoisotopic (exact) mass is 384 g/mol. The quantitative estimate of drug-likeness (QED) is 0.421. The van der Waals surface area contributed by atoms with Crippen LogP contribution >= 0.6 is 15.9 Å². The lowest BCUT2D eigenvalue weighted by atomic mass is 10.0. The van der Waals surface area contributed by atoms with Gasteiger partial charge in [-0.3, -0.25) is 4.79 Å². The van der Waals surface area contributed by atoms with Crippen LogP contribution in [-0.4, -0.2) is 5.78 Å². The molecule has 0 fully saturated rings. The average Bonchev–Trinajstić information content (AvgIpc) is 3.18. The van der Waals surface area contributed by atoms with Crippen molar-refractivity contribution in [2.45, 2.75) is 33.1 Å². The number of fused-ring (bicyclic) bond motifs is 6. The molecular weight excluding hydrogens is 368 g/mol. The highest BCUT2D eigenvalue weighted by molar-refractivity contribution is 9.10. The van der Waals surface area contributed by atoms with Crippen LogP contribution in [0.15, 0.2) is 43.6 Å². The number of carbonyl (C=O) groups is 1. The summed E-state index contributed by atoms with van der Waals surface area (Å²) in [4.78, 5) is 11.8. The molecular formula is C20H17BrO3. The minimum atomic E-state index is 0.179. The summed E-state index contributed by atoms with van der Waals surface area (Å²) < 4.78 is 13.1. The summed E-state index contributed by atoms with van der Waals surface area (Å²) in [5.41, 5.74) is 1.65. The first-order chi connectivity index (χ1) is 11.6. The molecule has 3 nitrogen and oxygen atoms in total. The molecule has 0 amide bonds. The van der Waals surface area contributed by atoms with Gasteiger partial charge in [-0.05, 0) is 29.7 Å². The third-order valence-electron chi connectivity index (χ3n) is 4.44. The lowest BCUT2D eigenvalue weighted by molar-refractivity contribution is -0.118. The molecule has 122 valence electrons. The second-order valence-corrected chi connectivity index (χ2v) is 6.94. The molecule has 0 saturated heterocycles. The molecule has 2 aromatic heterocycles. The van der Waals surface area contributed by atoms with E-state index in [1.54, 1.807) is 0 Å². The van der Waals surface area contributed by atoms with Crippen molar-refractivity contribution in [3.63, 3.8) is 0 Å². The lowest BCUT2D eigenvalue weighted by Crippen LogP contribution is -1.98. The van der Waals surface area contributed by atoms with Gasteiger partial charge in [-0.25, -0.2) is 0 Å². The number of furan rings is 2. The van der Waals surface area contributed by atoms with Crippen LogP contribution < -0.4 is 0 Å². The van der Waals surface area contributed by atoms with E-state index in [0.29, 0.717) is 18.6 Å². The molecule has 4 aromatic rings. The number of Topliss-reactive ketones (excluding diaryl/α,β-unsaturated/α-hetero) is 1. The largest absolute Gasteiger partial charge is 0.460 e. The fraction of sp³-hybridized carbons (Fsp3) is 0.250. The fourth-order valence-corrected chi connectivity index (χ4v) is 3.53. The van der Waals surface area contributed by atoms with Crippen molar-refractivity contribution in [1.29, 1.82) is 0 Å². The predicted molar refractivity (Wildman–Crippen MR) is 99.6 cm³/mol. The van der Waals surface area contributed by atoms with Gasteiger partial charge >= 0.3 is 0 Å². The maximum Gasteiger partial charge on any atom is 0.146 e. The van der Waals surface area contributed by atoms with Gasteiger partial charge in [-0.1, -0.05) is 35.8 Å². The molecule has 0 aliphatic rings. The molecule has 0 bridgehead atoms. The smallest absolute Gasteiger partial charge is 0.146 e. The summed E-state index contributed by atoms with van der Waals surface area (Å²) in [5.74, 6) is 1.83. The van der Waals surface area contributed by atoms with E-state index in [1.807, 2.05) is 25.1 Å². The van der Waals surface area contributed by atoms with E-state index in [9.17, 15) is 4.79 Å². The standard InChI is InChI=1S/C20H17BrO3/c1-3-12(22)8-14-10-17-15-6-5-11(21)7-16(15)19-18(20(17)24-14)9-13(4-2)23-19/h5-7,9-10H,3-4,8H2,1-2H3. The van der Waals surface area contributed by atoms with E-state index >= 15 is 0 Å². The van der Waals surface area contributed by atoms with Gasteiger partial charge in [0, 0.05) is 28.1 Å². The molecule has 0 saturated carbocycles. The number of carbonyl (C=O) groups excluding carboxylic acids is 1. The first kappa shape index (κ1) is 15.5. The molecule has 0 radical (unpaired) electrons. The van der Waals surface area contributed by atoms with Gasteiger partial charge < -0.3 is 8.83 Å². The Morgan fingerprint density at radius 2 is 1.58 bits per heavy atom. The van der Waals surface area contributed by atoms with Crippen molar-refractivity contribution >= 4 is 54.4 Å². The van der Waals surface area contributed by atoms with Crippen molar-refractivity contribution in [2.75, 3.05) is 0 Å². The predicted octanol–water partition coefficient (Wildman–Crippen LogP) is 6.18. The van der Waals surface area contributed by atoms with Gasteiger partial charge in [-0.2, -0.15) is 0 Å². The second-order valence-electron chi connectivity index (χ2n) is 6.02. The summed E-state index contributed by atoms with van der Waals surface area (Å²) in [6.07, 6.45) is 1.68. The zero-order chi connectivity index (χ0) is 16.8. The number of aryl methyl sites for hydroxylation is 1. The Bertz CT molecular complexity index is 1080. The molecule has 2 heterocycles. The summed E-state index contributed by atoms with van der Waals surface area (Å²) in [7, 11) is 0. The number of rotatable bonds is 4. The van der Waals surface area contributed by atoms with Crippen LogP contribution in [0.2, 0.25) is 0 Å². The van der Waals surface area contributed by atoms with Crippen LogP contribution in [0, 0.1) is 0 Å². The molecule has 0 aliphatic carbocycles. The normalized spacial score (nSPS) is 11.8. The molecule has 0 aliphatic heterocycles. The zero-order valence-electron chi connectivity index (χ0n) is 13.6. The van der Waals surface area contributed by atoms with Crippen LogP contribution in [0.3, 0.4) is 0 Å². The maximum absolute atomic E-state index is 11.8. The first-order valence-electron chi connectivity index (χ1n) is 8.18. The summed E-state index contributed by atoms with van der Waals surface area (Å²) in [6.45, 7) is 3.94. The third-order valence-corrected chi connectivity index (χ3v) is 4.93. The molecule has 0 spiro atoms. The molecule has 24 heavy (non-hydrogen) atoms. The van der Waals surface area contributed by atoms with Gasteiger partial charge in [0.15, 0.2) is 0 Å². The maximum atomic E-state index is 11.8. The highest BCUT2D eigenvalue weighted by Gasteiger charge is 2.18. The Morgan fingerprint density at radius 1 is 0.917 bits per heavy atom. The fourth-order valence-electron chi connectivity index (χ4n) is 3.17. The van der Waals surface area contributed by atoms with E-state index in [2.05, 4.69) is 35.0 Å². The van der Waals surface area contributed by atoms with E-state index in [1.165, 1.54) is 0 Å². The van der Waals surface area contributed by atoms with Gasteiger partial charge in [0.1, 0.15) is 28.5 Å². The van der Waals surface area contributed by atoms with Gasteiger partial charge in [-0.15, -0.1) is 0 Å². The Labute approximate surface area is 147 Å². The number of benzene rings is 2. The Hall–Kier alpha value is -2.07. The Balaban J connectivity index is 2.10. The molecule has 4 rings (SSSR count). The zero-order valence-corrected chi connectivity index (χ0v) is 15.2. The highest BCUT2D eigenvalue weighted by atomic mass is 79.9. The van der Waals surface area contributed by atoms with E-state index in [-0.39, 0.29) is 5.78 Å². The number of hydrogen-bond acceptors (Lipinski definition) is 3. The highest BCUT2D eigenvalue weighted by Crippen LogP contribution is 2.39. The molecule has 0 N–H and O–H groups in total. The first-order valence-corrected chi connectivity index (χ1v) is 8.97. The Kier molecular flexibility index (Phi) is 3.72. The van der Waals surface area contributed by atoms with Crippen molar-refractivity contribution in [1.82, 2.24) is 0 Å². The van der Waals surface area contributed by atoms with E-state index < -0.39 is 0 Å². The molecule has 0 atom stereocenters. The van der Waals surface area contributed by atoms with Crippen LogP contribution in [0.25, 0.3) is 32.7 Å². The van der Waals surface area contributed by atoms with Crippen LogP contribution in [0.1, 0.15) is 31.8 Å². The second kappa shape index (κ2) is 5.78. The van der Waals surface area contributed by atoms with E-state index in [4.69, 9.17) is 8.83 Å². The van der Waals surface area contributed by atoms with Crippen molar-refractivity contribution in [3.8, 4) is 0 Å². The lowest BCUT2D eigenvalue weighted by Gasteiger charge is -2.02.